The lowest BCUT2D eigenvalue weighted by Crippen LogP contribution is -2.52. The van der Waals surface area contributed by atoms with Crippen molar-refractivity contribution in [1.82, 2.24) is 14.7 Å². The molecule has 1 saturated heterocycles. The minimum absolute atomic E-state index is 0.0426. The molecule has 1 aromatic rings. The van der Waals surface area contributed by atoms with Crippen molar-refractivity contribution < 1.29 is 19.4 Å². The molecule has 1 aliphatic rings. The van der Waals surface area contributed by atoms with E-state index in [1.54, 1.807) is 11.9 Å². The number of likely N-dealkylation sites (N-methyl/N-ethyl adjacent to an activating group) is 2. The van der Waals surface area contributed by atoms with Crippen LogP contribution < -0.4 is 0 Å². The van der Waals surface area contributed by atoms with Crippen LogP contribution in [0.15, 0.2) is 30.3 Å². The summed E-state index contributed by atoms with van der Waals surface area (Å²) in [5.41, 5.74) is 0.980. The van der Waals surface area contributed by atoms with Gasteiger partial charge < -0.3 is 14.7 Å². The molecular weight excluding hydrogens is 334 g/mol. The van der Waals surface area contributed by atoms with Gasteiger partial charge in [-0.15, -0.1) is 0 Å². The molecule has 2 rings (SSSR count). The first-order valence-electron chi connectivity index (χ1n) is 8.98. The SMILES string of the molecule is CCN(C)C(C(=O)N1CCOC(CN(C)CC(=O)O)C1)c1ccccc1. The summed E-state index contributed by atoms with van der Waals surface area (Å²) in [6.07, 6.45) is -0.180. The molecule has 7 nitrogen and oxygen atoms in total. The van der Waals surface area contributed by atoms with Crippen LogP contribution in [0.5, 0.6) is 0 Å². The van der Waals surface area contributed by atoms with Crippen molar-refractivity contribution >= 4 is 11.9 Å². The van der Waals surface area contributed by atoms with Gasteiger partial charge in [0.1, 0.15) is 6.04 Å². The lowest BCUT2D eigenvalue weighted by Gasteiger charge is -2.38. The fraction of sp³-hybridized carbons (Fsp3) is 0.579. The van der Waals surface area contributed by atoms with E-state index in [-0.39, 0.29) is 24.6 Å². The second-order valence-electron chi connectivity index (χ2n) is 6.75. The number of rotatable bonds is 8. The third-order valence-electron chi connectivity index (χ3n) is 4.66. The molecule has 0 saturated carbocycles. The Balaban J connectivity index is 2.07. The van der Waals surface area contributed by atoms with Crippen LogP contribution in [0.1, 0.15) is 18.5 Å². The number of ether oxygens (including phenoxy) is 1. The van der Waals surface area contributed by atoms with Crippen molar-refractivity contribution in [3.05, 3.63) is 35.9 Å². The van der Waals surface area contributed by atoms with E-state index in [9.17, 15) is 9.59 Å². The number of morpholine rings is 1. The van der Waals surface area contributed by atoms with Crippen LogP contribution >= 0.6 is 0 Å². The molecule has 0 spiro atoms. The summed E-state index contributed by atoms with van der Waals surface area (Å²) < 4.78 is 5.74. The van der Waals surface area contributed by atoms with Gasteiger partial charge in [0.05, 0.1) is 19.3 Å². The van der Waals surface area contributed by atoms with Gasteiger partial charge in [-0.2, -0.15) is 0 Å². The lowest BCUT2D eigenvalue weighted by molar-refractivity contribution is -0.146. The van der Waals surface area contributed by atoms with E-state index in [0.29, 0.717) is 26.2 Å². The van der Waals surface area contributed by atoms with Crippen molar-refractivity contribution in [3.8, 4) is 0 Å². The van der Waals surface area contributed by atoms with Gasteiger partial charge in [-0.05, 0) is 26.2 Å². The zero-order chi connectivity index (χ0) is 19.1. The Labute approximate surface area is 155 Å². The fourth-order valence-corrected chi connectivity index (χ4v) is 3.25. The number of carbonyl (C=O) groups excluding carboxylic acids is 1. The molecule has 0 bridgehead atoms. The van der Waals surface area contributed by atoms with E-state index in [2.05, 4.69) is 0 Å². The van der Waals surface area contributed by atoms with Gasteiger partial charge in [-0.3, -0.25) is 19.4 Å². The molecule has 1 heterocycles. The first-order chi connectivity index (χ1) is 12.4. The summed E-state index contributed by atoms with van der Waals surface area (Å²) in [6, 6.07) is 9.47. The standard InChI is InChI=1S/C19H29N3O4/c1-4-21(3)18(15-8-6-5-7-9-15)19(25)22-10-11-26-16(13-22)12-20(2)14-17(23)24/h5-9,16,18H,4,10-14H2,1-3H3,(H,23,24). The fourth-order valence-electron chi connectivity index (χ4n) is 3.25. The highest BCUT2D eigenvalue weighted by Gasteiger charge is 2.32. The Hall–Kier alpha value is -1.96. The number of amides is 1. The van der Waals surface area contributed by atoms with Crippen molar-refractivity contribution in [2.24, 2.45) is 0 Å². The van der Waals surface area contributed by atoms with Crippen LogP contribution in [0.4, 0.5) is 0 Å². The Morgan fingerprint density at radius 3 is 2.62 bits per heavy atom. The van der Waals surface area contributed by atoms with Gasteiger partial charge in [0.15, 0.2) is 0 Å². The van der Waals surface area contributed by atoms with Crippen molar-refractivity contribution in [3.63, 3.8) is 0 Å². The average Bonchev–Trinajstić information content (AvgIpc) is 2.62. The predicted molar refractivity (Wildman–Crippen MR) is 98.9 cm³/mol. The number of hydrogen-bond donors (Lipinski definition) is 1. The molecule has 2 unspecified atom stereocenters. The third-order valence-corrected chi connectivity index (χ3v) is 4.66. The molecule has 2 atom stereocenters. The van der Waals surface area contributed by atoms with Crippen LogP contribution in [-0.2, 0) is 14.3 Å². The van der Waals surface area contributed by atoms with E-state index >= 15 is 0 Å². The van der Waals surface area contributed by atoms with Gasteiger partial charge in [0.25, 0.3) is 0 Å². The smallest absolute Gasteiger partial charge is 0.317 e. The Kier molecular flexibility index (Phi) is 7.56. The van der Waals surface area contributed by atoms with Crippen LogP contribution in [0.25, 0.3) is 0 Å². The molecule has 0 radical (unpaired) electrons. The van der Waals surface area contributed by atoms with Crippen molar-refractivity contribution in [1.29, 1.82) is 0 Å². The number of carboxylic acids is 1. The van der Waals surface area contributed by atoms with E-state index in [1.807, 2.05) is 54.1 Å². The minimum atomic E-state index is -0.870. The molecule has 1 aliphatic heterocycles. The zero-order valence-electron chi connectivity index (χ0n) is 15.8. The van der Waals surface area contributed by atoms with Crippen LogP contribution in [0.3, 0.4) is 0 Å². The quantitative estimate of drug-likeness (QED) is 0.741. The second-order valence-corrected chi connectivity index (χ2v) is 6.75. The monoisotopic (exact) mass is 363 g/mol. The molecular formula is C19H29N3O4. The second kappa shape index (κ2) is 9.66. The molecule has 1 amide bonds. The molecule has 0 aliphatic carbocycles. The number of carboxylic acid groups (broad SMARTS) is 1. The molecule has 7 heteroatoms. The average molecular weight is 363 g/mol. The molecule has 1 fully saturated rings. The Morgan fingerprint density at radius 2 is 2.00 bits per heavy atom. The van der Waals surface area contributed by atoms with E-state index < -0.39 is 5.97 Å². The topological polar surface area (TPSA) is 73.3 Å². The van der Waals surface area contributed by atoms with Crippen LogP contribution in [-0.4, -0.2) is 91.2 Å². The molecule has 26 heavy (non-hydrogen) atoms. The van der Waals surface area contributed by atoms with Gasteiger partial charge in [-0.25, -0.2) is 0 Å². The summed E-state index contributed by atoms with van der Waals surface area (Å²) >= 11 is 0. The number of nitrogens with zero attached hydrogens (tertiary/aromatic N) is 3. The first kappa shape index (κ1) is 20.4. The lowest BCUT2D eigenvalue weighted by atomic mass is 10.0. The minimum Gasteiger partial charge on any atom is -0.480 e. The summed E-state index contributed by atoms with van der Waals surface area (Å²) in [5, 5.41) is 8.89. The van der Waals surface area contributed by atoms with E-state index in [4.69, 9.17) is 9.84 Å². The maximum atomic E-state index is 13.2. The highest BCUT2D eigenvalue weighted by Crippen LogP contribution is 2.23. The molecule has 0 aromatic heterocycles. The highest BCUT2D eigenvalue weighted by atomic mass is 16.5. The van der Waals surface area contributed by atoms with Crippen LogP contribution in [0, 0.1) is 0 Å². The van der Waals surface area contributed by atoms with Gasteiger partial charge in [0, 0.05) is 19.6 Å². The maximum Gasteiger partial charge on any atom is 0.317 e. The summed E-state index contributed by atoms with van der Waals surface area (Å²) in [5.74, 6) is -0.806. The van der Waals surface area contributed by atoms with E-state index in [0.717, 1.165) is 12.1 Å². The molecule has 1 aromatic carbocycles. The maximum absolute atomic E-state index is 13.2. The van der Waals surface area contributed by atoms with Gasteiger partial charge >= 0.3 is 5.97 Å². The zero-order valence-corrected chi connectivity index (χ0v) is 15.8. The number of carbonyl (C=O) groups is 2. The number of benzene rings is 1. The van der Waals surface area contributed by atoms with Crippen LogP contribution in [0.2, 0.25) is 0 Å². The van der Waals surface area contributed by atoms with Crippen molar-refractivity contribution in [2.45, 2.75) is 19.1 Å². The normalized spacial score (nSPS) is 19.0. The third kappa shape index (κ3) is 5.52. The highest BCUT2D eigenvalue weighted by molar-refractivity contribution is 5.83. The Morgan fingerprint density at radius 1 is 1.31 bits per heavy atom. The van der Waals surface area contributed by atoms with Gasteiger partial charge in [-0.1, -0.05) is 37.3 Å². The molecule has 144 valence electrons. The summed E-state index contributed by atoms with van der Waals surface area (Å²) in [4.78, 5) is 29.6. The van der Waals surface area contributed by atoms with E-state index in [1.165, 1.54) is 0 Å². The summed E-state index contributed by atoms with van der Waals surface area (Å²) in [7, 11) is 3.70. The summed E-state index contributed by atoms with van der Waals surface area (Å²) in [6.45, 7) is 4.73. The van der Waals surface area contributed by atoms with Gasteiger partial charge in [0.2, 0.25) is 5.91 Å². The Bertz CT molecular complexity index is 596. The number of aliphatic carboxylic acids is 1. The number of hydrogen-bond acceptors (Lipinski definition) is 5. The van der Waals surface area contributed by atoms with Crippen molar-refractivity contribution in [2.75, 3.05) is 53.4 Å². The largest absolute Gasteiger partial charge is 0.480 e. The predicted octanol–water partition coefficient (Wildman–Crippen LogP) is 0.923. The first-order valence-corrected chi connectivity index (χ1v) is 8.98. The molecule has 1 N–H and O–H groups in total.